The number of esters is 5. The predicted molar refractivity (Wildman–Crippen MR) is 378 cm³/mol. The Morgan fingerprint density at radius 1 is 0.540 bits per heavy atom. The minimum absolute atomic E-state index is 0. The maximum atomic E-state index is 14.0. The highest BCUT2D eigenvalue weighted by Crippen LogP contribution is 2.26. The molecule has 0 radical (unpaired) electrons. The van der Waals surface area contributed by atoms with E-state index in [0.29, 0.717) is 101 Å². The average molecular weight is 1440 g/mol. The third-order valence-corrected chi connectivity index (χ3v) is 13.2. The van der Waals surface area contributed by atoms with Gasteiger partial charge in [-0.2, -0.15) is 5.10 Å². The Bertz CT molecular complexity index is 4090. The second kappa shape index (κ2) is 41.6. The van der Waals surface area contributed by atoms with Crippen LogP contribution in [0.15, 0.2) is 110 Å². The molecule has 9 aromatic rings. The number of rotatable bonds is 22. The molecule has 0 unspecified atom stereocenters. The van der Waals surface area contributed by atoms with Crippen molar-refractivity contribution in [2.24, 2.45) is 0 Å². The van der Waals surface area contributed by atoms with E-state index in [2.05, 4.69) is 35.6 Å². The summed E-state index contributed by atoms with van der Waals surface area (Å²) in [6.45, 7) is 18.3. The molecule has 0 saturated heterocycles. The number of phenols is 2. The summed E-state index contributed by atoms with van der Waals surface area (Å²) < 4.78 is 75.2. The van der Waals surface area contributed by atoms with Crippen LogP contribution in [0.3, 0.4) is 0 Å². The number of ether oxygens (including phenoxy) is 6. The van der Waals surface area contributed by atoms with Crippen molar-refractivity contribution in [3.05, 3.63) is 166 Å². The molecule has 0 aliphatic rings. The first kappa shape index (κ1) is 86.3. The van der Waals surface area contributed by atoms with Crippen LogP contribution in [0.25, 0.3) is 16.9 Å². The molecule has 0 spiro atoms. The molecule has 9 rings (SSSR count). The van der Waals surface area contributed by atoms with Gasteiger partial charge in [-0.05, 0) is 173 Å². The summed E-state index contributed by atoms with van der Waals surface area (Å²) in [6, 6.07) is 22.2. The molecular formula is C70H93Cl2F3N12O13. The lowest BCUT2D eigenvalue weighted by Gasteiger charge is -2.21. The van der Waals surface area contributed by atoms with Crippen molar-refractivity contribution in [1.82, 2.24) is 49.1 Å². The standard InChI is InChI=1S/C25H31FN4O5.C17H17FN4O3.C9H8ClN3O2.C8H15ClO2.C8H10FNO.3CH4/c1-6-33-24(32)19-15-27-21-11-12-22(28-30(19)21)29(5)16-17-14-18(26)9-10-20(17)34-13-7-8-23(31)35-25(2,3)4;1-3-25-17(24)13-9-19-15-6-7-16(20-22(13)15)21(2)10-11-8-12(18)4-5-14(11)23;1-2-15-9(14)6-5-11-8-4-3-7(10)12-13(6)8;1-8(2,3)11-7(10)5-4-6-9;1-10-5-6-4-7(9)2-3-8(6)11;;;/h9-12,14-15H,6-8,13,16H2,1-5H3;4-9,23H,3,10H2,1-2H3;3-5H,2H2,1H3;4-6H2,1-3H3;2-4,10-11H,5H2,1H3;3*1H4. The number of imidazole rings is 3. The number of phenolic OH excluding ortho intramolecular Hbond substituents is 2. The SMILES string of the molecule is C.C.C.CC(C)(C)OC(=O)CCCCl.CCOC(=O)c1cnc2ccc(Cl)nn12.CCOC(=O)c1cnc2ccc(N(C)Cc3cc(F)ccc3O)nn12.CCOC(=O)c1cnc2ccc(N(C)Cc3cc(F)ccc3OCCCC(=O)OC(C)(C)C)nn12.CNCc1cc(F)ccc1O. The zero-order valence-electron chi connectivity index (χ0n) is 56.1. The first-order chi connectivity index (χ1) is 46.0. The second-order valence-corrected chi connectivity index (χ2v) is 23.7. The van der Waals surface area contributed by atoms with Crippen LogP contribution in [0.1, 0.15) is 158 Å². The molecule has 546 valence electrons. The van der Waals surface area contributed by atoms with Crippen LogP contribution in [0, 0.1) is 17.5 Å². The maximum absolute atomic E-state index is 14.0. The molecule has 3 aromatic carbocycles. The number of carbonyl (C=O) groups is 5. The van der Waals surface area contributed by atoms with E-state index < -0.39 is 35.1 Å². The summed E-state index contributed by atoms with van der Waals surface area (Å²) in [5.74, 6) is -0.858. The van der Waals surface area contributed by atoms with Crippen molar-refractivity contribution in [2.75, 3.05) is 63.3 Å². The molecule has 25 nitrogen and oxygen atoms in total. The van der Waals surface area contributed by atoms with Crippen molar-refractivity contribution in [1.29, 1.82) is 0 Å². The Balaban J connectivity index is 0.000000456. The first-order valence-corrected chi connectivity index (χ1v) is 31.5. The Morgan fingerprint density at radius 2 is 0.920 bits per heavy atom. The molecule has 30 heteroatoms. The minimum Gasteiger partial charge on any atom is -0.508 e. The quantitative estimate of drug-likeness (QED) is 0.0246. The van der Waals surface area contributed by atoms with Gasteiger partial charge in [-0.3, -0.25) is 9.59 Å². The van der Waals surface area contributed by atoms with Crippen molar-refractivity contribution in [3.8, 4) is 17.2 Å². The van der Waals surface area contributed by atoms with E-state index in [0.717, 1.165) is 0 Å². The molecule has 0 aliphatic heterocycles. The van der Waals surface area contributed by atoms with Gasteiger partial charge in [0.15, 0.2) is 34.0 Å². The molecule has 100 heavy (non-hydrogen) atoms. The Hall–Kier alpha value is -9.80. The van der Waals surface area contributed by atoms with E-state index in [-0.39, 0.29) is 107 Å². The van der Waals surface area contributed by atoms with Gasteiger partial charge in [0.1, 0.15) is 62.7 Å². The van der Waals surface area contributed by atoms with Crippen LogP contribution in [-0.2, 0) is 52.9 Å². The van der Waals surface area contributed by atoms with E-state index in [4.69, 9.17) is 56.7 Å². The van der Waals surface area contributed by atoms with Crippen molar-refractivity contribution in [2.45, 2.75) is 141 Å². The topological polar surface area (TPSA) is 290 Å². The summed E-state index contributed by atoms with van der Waals surface area (Å²) in [5.41, 5.74) is 3.00. The van der Waals surface area contributed by atoms with Gasteiger partial charge in [0.2, 0.25) is 0 Å². The fourth-order valence-electron chi connectivity index (χ4n) is 8.47. The van der Waals surface area contributed by atoms with Crippen LogP contribution >= 0.6 is 23.2 Å². The highest BCUT2D eigenvalue weighted by Gasteiger charge is 2.21. The minimum atomic E-state index is -0.530. The number of anilines is 2. The number of nitrogens with zero attached hydrogens (tertiary/aromatic N) is 11. The van der Waals surface area contributed by atoms with E-state index in [1.165, 1.54) is 80.7 Å². The van der Waals surface area contributed by atoms with Crippen LogP contribution in [0.4, 0.5) is 24.8 Å². The van der Waals surface area contributed by atoms with Gasteiger partial charge < -0.3 is 53.8 Å². The number of alkyl halides is 1. The monoisotopic (exact) mass is 1440 g/mol. The maximum Gasteiger partial charge on any atom is 0.358 e. The number of benzene rings is 3. The number of halogens is 5. The lowest BCUT2D eigenvalue weighted by atomic mass is 10.2. The first-order valence-electron chi connectivity index (χ1n) is 30.6. The third-order valence-electron chi connectivity index (χ3n) is 12.7. The van der Waals surface area contributed by atoms with E-state index in [1.807, 2.05) is 41.5 Å². The molecule has 3 N–H and O–H groups in total. The Morgan fingerprint density at radius 3 is 1.34 bits per heavy atom. The number of fused-ring (bicyclic) bond motifs is 3. The fraction of sp³-hybridized carbons (Fsp3) is 0.414. The second-order valence-electron chi connectivity index (χ2n) is 22.9. The van der Waals surface area contributed by atoms with Crippen LogP contribution < -0.4 is 19.9 Å². The van der Waals surface area contributed by atoms with Gasteiger partial charge in [-0.1, -0.05) is 33.9 Å². The summed E-state index contributed by atoms with van der Waals surface area (Å²) in [6.07, 6.45) is 6.04. The molecule has 0 bridgehead atoms. The summed E-state index contributed by atoms with van der Waals surface area (Å²) >= 11 is 11.1. The van der Waals surface area contributed by atoms with Gasteiger partial charge in [0.05, 0.1) is 45.0 Å². The Labute approximate surface area is 591 Å². The zero-order chi connectivity index (χ0) is 71.6. The molecule has 6 aromatic heterocycles. The fourth-order valence-corrected chi connectivity index (χ4v) is 8.74. The lowest BCUT2D eigenvalue weighted by molar-refractivity contribution is -0.156. The largest absolute Gasteiger partial charge is 0.508 e. The number of aromatic hydroxyl groups is 2. The highest BCUT2D eigenvalue weighted by atomic mass is 35.5. The average Bonchev–Trinajstić information content (AvgIpc) is 1.64. The van der Waals surface area contributed by atoms with Crippen LogP contribution in [0.2, 0.25) is 5.15 Å². The molecule has 0 amide bonds. The van der Waals surface area contributed by atoms with E-state index in [9.17, 15) is 42.3 Å². The van der Waals surface area contributed by atoms with Gasteiger partial charge in [-0.25, -0.2) is 56.1 Å². The zero-order valence-corrected chi connectivity index (χ0v) is 57.6. The van der Waals surface area contributed by atoms with Crippen LogP contribution in [-0.4, -0.2) is 149 Å². The molecule has 6 heterocycles. The van der Waals surface area contributed by atoms with Gasteiger partial charge in [0.25, 0.3) is 0 Å². The number of aromatic nitrogens is 9. The van der Waals surface area contributed by atoms with Gasteiger partial charge in [0, 0.05) is 69.1 Å². The van der Waals surface area contributed by atoms with Crippen molar-refractivity contribution < 1.29 is 75.8 Å². The smallest absolute Gasteiger partial charge is 0.358 e. The Kier molecular flexibility index (Phi) is 35.9. The number of hydrogen-bond donors (Lipinski definition) is 3. The van der Waals surface area contributed by atoms with Crippen molar-refractivity contribution >= 4 is 81.6 Å². The van der Waals surface area contributed by atoms with Crippen molar-refractivity contribution in [3.63, 3.8) is 0 Å². The predicted octanol–water partition coefficient (Wildman–Crippen LogP) is 13.6. The molecular weight excluding hydrogens is 1340 g/mol. The van der Waals surface area contributed by atoms with E-state index in [1.54, 1.807) is 94.2 Å². The number of nitrogens with one attached hydrogen (secondary N) is 1. The third kappa shape index (κ3) is 27.5. The number of hydrogen-bond acceptors (Lipinski definition) is 22. The van der Waals surface area contributed by atoms with Gasteiger partial charge in [-0.15, -0.1) is 21.8 Å². The molecule has 0 aliphatic carbocycles. The normalized spacial score (nSPS) is 10.6. The lowest BCUT2D eigenvalue weighted by Crippen LogP contribution is -2.24. The summed E-state index contributed by atoms with van der Waals surface area (Å²) in [5, 5.41) is 35.0. The summed E-state index contributed by atoms with van der Waals surface area (Å²) in [4.78, 5) is 74.3. The van der Waals surface area contributed by atoms with Gasteiger partial charge >= 0.3 is 29.8 Å². The highest BCUT2D eigenvalue weighted by molar-refractivity contribution is 6.29. The molecule has 0 saturated carbocycles. The summed E-state index contributed by atoms with van der Waals surface area (Å²) in [7, 11) is 5.29. The van der Waals surface area contributed by atoms with Crippen LogP contribution in [0.5, 0.6) is 17.2 Å². The molecule has 0 fully saturated rings. The number of carbonyl (C=O) groups excluding carboxylic acids is 5. The molecule has 0 atom stereocenters. The van der Waals surface area contributed by atoms with E-state index >= 15 is 0 Å².